The average Bonchev–Trinajstić information content (AvgIpc) is 2.82. The van der Waals surface area contributed by atoms with Crippen molar-refractivity contribution in [2.75, 3.05) is 37.4 Å². The third-order valence-electron chi connectivity index (χ3n) is 6.30. The smallest absolute Gasteiger partial charge is 0.223 e. The number of benzene rings is 1. The van der Waals surface area contributed by atoms with E-state index >= 15 is 0 Å². The Bertz CT molecular complexity index is 1170. The second-order valence-corrected chi connectivity index (χ2v) is 11.6. The third kappa shape index (κ3) is 5.58. The van der Waals surface area contributed by atoms with Crippen LogP contribution in [0.5, 0.6) is 5.75 Å². The molecule has 0 atom stereocenters. The highest BCUT2D eigenvalue weighted by Crippen LogP contribution is 2.31. The number of aryl methyl sites for hydroxylation is 1. The van der Waals surface area contributed by atoms with E-state index in [2.05, 4.69) is 31.9 Å². The minimum Gasteiger partial charge on any atom is -0.488 e. The number of hydrogen-bond donors (Lipinski definition) is 0. The fraction of sp³-hybridized carbons (Fsp3) is 0.417. The quantitative estimate of drug-likeness (QED) is 0.561. The molecule has 0 N–H and O–H groups in total. The van der Waals surface area contributed by atoms with E-state index in [0.29, 0.717) is 5.75 Å². The largest absolute Gasteiger partial charge is 0.488 e. The summed E-state index contributed by atoms with van der Waals surface area (Å²) in [6.45, 7) is 3.67. The Balaban J connectivity index is 1.32. The lowest BCUT2D eigenvalue weighted by atomic mass is 10.0. The van der Waals surface area contributed by atoms with E-state index in [4.69, 9.17) is 4.74 Å². The zero-order valence-corrected chi connectivity index (χ0v) is 21.2. The number of anilines is 1. The normalized spacial score (nSPS) is 16.6. The fourth-order valence-corrected chi connectivity index (χ4v) is 5.86. The molecule has 0 bridgehead atoms. The van der Waals surface area contributed by atoms with Crippen molar-refractivity contribution in [3.8, 4) is 5.75 Å². The Morgan fingerprint density at radius 3 is 2.73 bits per heavy atom. The summed E-state index contributed by atoms with van der Waals surface area (Å²) in [6.07, 6.45) is 5.12. The predicted molar refractivity (Wildman–Crippen MR) is 133 cm³/mol. The standard InChI is InChI=1S/C24H28BrN3O4S/c1-17-13-21(5-9-26-17)28-10-6-20(7-11-28)27(2)24(29)8-12-33(30,31)22-14-18-3-4-19(25)15-23(18)32-16-22/h3-5,9,13-15,20H,6-8,10-12,16H2,1-2H3. The van der Waals surface area contributed by atoms with Crippen LogP contribution in [0.15, 0.2) is 45.9 Å². The van der Waals surface area contributed by atoms with Gasteiger partial charge in [0.05, 0.1) is 10.7 Å². The van der Waals surface area contributed by atoms with Gasteiger partial charge in [-0.1, -0.05) is 22.0 Å². The number of carbonyl (C=O) groups is 1. The first kappa shape index (κ1) is 23.8. The molecule has 0 unspecified atom stereocenters. The highest BCUT2D eigenvalue weighted by atomic mass is 79.9. The van der Waals surface area contributed by atoms with Gasteiger partial charge in [-0.15, -0.1) is 0 Å². The van der Waals surface area contributed by atoms with Gasteiger partial charge in [0, 0.05) is 60.2 Å². The van der Waals surface area contributed by atoms with Crippen LogP contribution in [0.2, 0.25) is 0 Å². The summed E-state index contributed by atoms with van der Waals surface area (Å²) in [4.78, 5) is 21.3. The van der Waals surface area contributed by atoms with Crippen molar-refractivity contribution in [1.82, 2.24) is 9.88 Å². The molecule has 4 rings (SSSR count). The Morgan fingerprint density at radius 2 is 2.00 bits per heavy atom. The van der Waals surface area contributed by atoms with Crippen LogP contribution in [0.25, 0.3) is 6.08 Å². The van der Waals surface area contributed by atoms with Gasteiger partial charge in [-0.05, 0) is 50.1 Å². The molecule has 2 aliphatic heterocycles. The number of piperidine rings is 1. The SMILES string of the molecule is Cc1cc(N2CCC(N(C)C(=O)CCS(=O)(=O)C3=Cc4ccc(Br)cc4OC3)CC2)ccn1. The molecule has 2 aromatic rings. The predicted octanol–water partition coefficient (Wildman–Crippen LogP) is 3.82. The van der Waals surface area contributed by atoms with Gasteiger partial charge in [-0.3, -0.25) is 9.78 Å². The van der Waals surface area contributed by atoms with Gasteiger partial charge in [0.15, 0.2) is 9.84 Å². The molecule has 176 valence electrons. The third-order valence-corrected chi connectivity index (χ3v) is 8.57. The number of aromatic nitrogens is 1. The number of halogens is 1. The lowest BCUT2D eigenvalue weighted by Gasteiger charge is -2.38. The average molecular weight is 534 g/mol. The van der Waals surface area contributed by atoms with Gasteiger partial charge < -0.3 is 14.5 Å². The summed E-state index contributed by atoms with van der Waals surface area (Å²) in [5.41, 5.74) is 2.86. The molecule has 7 nitrogen and oxygen atoms in total. The van der Waals surface area contributed by atoms with Crippen molar-refractivity contribution < 1.29 is 17.9 Å². The van der Waals surface area contributed by atoms with Crippen LogP contribution >= 0.6 is 15.9 Å². The van der Waals surface area contributed by atoms with Gasteiger partial charge >= 0.3 is 0 Å². The molecule has 1 amide bonds. The monoisotopic (exact) mass is 533 g/mol. The summed E-state index contributed by atoms with van der Waals surface area (Å²) < 4.78 is 32.2. The maximum absolute atomic E-state index is 12.9. The number of pyridine rings is 1. The zero-order valence-electron chi connectivity index (χ0n) is 18.8. The van der Waals surface area contributed by atoms with Crippen molar-refractivity contribution >= 4 is 43.4 Å². The first-order valence-corrected chi connectivity index (χ1v) is 13.5. The van der Waals surface area contributed by atoms with Crippen molar-refractivity contribution in [1.29, 1.82) is 0 Å². The van der Waals surface area contributed by atoms with E-state index in [0.717, 1.165) is 47.3 Å². The van der Waals surface area contributed by atoms with Crippen LogP contribution in [0.3, 0.4) is 0 Å². The van der Waals surface area contributed by atoms with Gasteiger partial charge in [0.1, 0.15) is 12.4 Å². The summed E-state index contributed by atoms with van der Waals surface area (Å²) in [6, 6.07) is 9.66. The molecule has 1 aromatic carbocycles. The van der Waals surface area contributed by atoms with E-state index in [1.54, 1.807) is 18.0 Å². The Morgan fingerprint density at radius 1 is 1.24 bits per heavy atom. The van der Waals surface area contributed by atoms with Crippen LogP contribution in [-0.4, -0.2) is 62.7 Å². The molecule has 3 heterocycles. The molecular formula is C24H28BrN3O4S. The van der Waals surface area contributed by atoms with Gasteiger partial charge in [-0.25, -0.2) is 8.42 Å². The van der Waals surface area contributed by atoms with Gasteiger partial charge in [0.2, 0.25) is 5.91 Å². The van der Waals surface area contributed by atoms with E-state index in [9.17, 15) is 13.2 Å². The van der Waals surface area contributed by atoms with Gasteiger partial charge in [-0.2, -0.15) is 0 Å². The Hall–Kier alpha value is -2.39. The van der Waals surface area contributed by atoms with Crippen molar-refractivity contribution in [3.05, 3.63) is 57.2 Å². The fourth-order valence-electron chi connectivity index (χ4n) is 4.27. The topological polar surface area (TPSA) is 79.8 Å². The molecule has 0 saturated carbocycles. The van der Waals surface area contributed by atoms with Crippen molar-refractivity contribution in [2.24, 2.45) is 0 Å². The Labute approximate surface area is 203 Å². The molecule has 1 saturated heterocycles. The molecule has 2 aliphatic rings. The summed E-state index contributed by atoms with van der Waals surface area (Å²) >= 11 is 3.38. The van der Waals surface area contributed by atoms with E-state index in [-0.39, 0.29) is 35.6 Å². The minimum atomic E-state index is -3.58. The molecular weight excluding hydrogens is 506 g/mol. The number of ether oxygens (including phenoxy) is 1. The first-order valence-electron chi connectivity index (χ1n) is 11.0. The molecule has 33 heavy (non-hydrogen) atoms. The number of carbonyl (C=O) groups excluding carboxylic acids is 1. The number of fused-ring (bicyclic) bond motifs is 1. The van der Waals surface area contributed by atoms with E-state index in [1.807, 2.05) is 37.4 Å². The molecule has 0 radical (unpaired) electrons. The lowest BCUT2D eigenvalue weighted by molar-refractivity contribution is -0.131. The summed E-state index contributed by atoms with van der Waals surface area (Å²) in [5, 5.41) is 0. The van der Waals surface area contributed by atoms with Crippen LogP contribution in [0.1, 0.15) is 30.5 Å². The molecule has 9 heteroatoms. The molecule has 1 fully saturated rings. The van der Waals surface area contributed by atoms with Crippen LogP contribution in [-0.2, 0) is 14.6 Å². The number of sulfone groups is 1. The molecule has 0 spiro atoms. The first-order chi connectivity index (χ1) is 15.7. The Kier molecular flexibility index (Phi) is 7.09. The highest BCUT2D eigenvalue weighted by molar-refractivity contribution is 9.10. The summed E-state index contributed by atoms with van der Waals surface area (Å²) in [7, 11) is -1.80. The van der Waals surface area contributed by atoms with Crippen LogP contribution in [0, 0.1) is 6.92 Å². The van der Waals surface area contributed by atoms with Gasteiger partial charge in [0.25, 0.3) is 0 Å². The van der Waals surface area contributed by atoms with E-state index in [1.165, 1.54) is 0 Å². The highest BCUT2D eigenvalue weighted by Gasteiger charge is 2.28. The maximum Gasteiger partial charge on any atom is 0.223 e. The number of amides is 1. The molecule has 1 aromatic heterocycles. The van der Waals surface area contributed by atoms with Crippen LogP contribution < -0.4 is 9.64 Å². The number of nitrogens with zero attached hydrogens (tertiary/aromatic N) is 3. The van der Waals surface area contributed by atoms with Crippen LogP contribution in [0.4, 0.5) is 5.69 Å². The minimum absolute atomic E-state index is 0.0112. The van der Waals surface area contributed by atoms with Crippen molar-refractivity contribution in [2.45, 2.75) is 32.2 Å². The maximum atomic E-state index is 12.9. The number of hydrogen-bond acceptors (Lipinski definition) is 6. The zero-order chi connectivity index (χ0) is 23.6. The summed E-state index contributed by atoms with van der Waals surface area (Å²) in [5.74, 6) is 0.290. The molecule has 0 aliphatic carbocycles. The van der Waals surface area contributed by atoms with Crippen molar-refractivity contribution in [3.63, 3.8) is 0 Å². The number of rotatable bonds is 6. The van der Waals surface area contributed by atoms with E-state index < -0.39 is 9.84 Å². The lowest BCUT2D eigenvalue weighted by Crippen LogP contribution is -2.46. The second-order valence-electron chi connectivity index (χ2n) is 8.53. The second kappa shape index (κ2) is 9.85.